The molecule has 2 aromatic carbocycles. The largest absolute Gasteiger partial charge is 0.332 e. The third-order valence-corrected chi connectivity index (χ3v) is 4.52. The van der Waals surface area contributed by atoms with Gasteiger partial charge in [0.1, 0.15) is 12.3 Å². The third-order valence-electron chi connectivity index (χ3n) is 4.52. The first-order chi connectivity index (χ1) is 14.1. The van der Waals surface area contributed by atoms with Gasteiger partial charge in [-0.3, -0.25) is 9.59 Å². The van der Waals surface area contributed by atoms with Crippen LogP contribution in [0.4, 0.5) is 5.69 Å². The number of nitrogens with one attached hydrogen (secondary N) is 1. The van der Waals surface area contributed by atoms with Crippen LogP contribution in [0.2, 0.25) is 0 Å². The molecule has 1 aliphatic heterocycles. The molecule has 0 atom stereocenters. The highest BCUT2D eigenvalue weighted by Gasteiger charge is 2.26. The van der Waals surface area contributed by atoms with Gasteiger partial charge in [0, 0.05) is 24.1 Å². The Morgan fingerprint density at radius 1 is 1.10 bits per heavy atom. The predicted octanol–water partition coefficient (Wildman–Crippen LogP) is 3.01. The van der Waals surface area contributed by atoms with Crippen LogP contribution in [0.15, 0.2) is 64.2 Å². The Kier molecular flexibility index (Phi) is 5.15. The first-order valence-corrected chi connectivity index (χ1v) is 9.23. The maximum atomic E-state index is 12.4. The van der Waals surface area contributed by atoms with Gasteiger partial charge in [-0.2, -0.15) is 10.1 Å². The molecule has 0 aliphatic carbocycles. The van der Waals surface area contributed by atoms with Gasteiger partial charge in [-0.1, -0.05) is 53.7 Å². The van der Waals surface area contributed by atoms with Crippen molar-refractivity contribution in [3.05, 3.63) is 66.1 Å². The third kappa shape index (κ3) is 4.21. The number of carbonyl (C=O) groups excluding carboxylic acids is 2. The summed E-state index contributed by atoms with van der Waals surface area (Å²) in [5.74, 6) is 0.148. The average Bonchev–Trinajstić information content (AvgIpc) is 3.22. The summed E-state index contributed by atoms with van der Waals surface area (Å²) in [6.45, 7) is 1.72. The molecule has 1 aromatic heterocycles. The molecule has 29 heavy (non-hydrogen) atoms. The highest BCUT2D eigenvalue weighted by Crippen LogP contribution is 2.19. The number of hydrazone groups is 1. The number of hydrogen-bond acceptors (Lipinski definition) is 6. The van der Waals surface area contributed by atoms with Gasteiger partial charge in [-0.25, -0.2) is 5.01 Å². The molecule has 0 bridgehead atoms. The maximum absolute atomic E-state index is 12.4. The Morgan fingerprint density at radius 2 is 1.86 bits per heavy atom. The number of hydrogen-bond donors (Lipinski definition) is 1. The molecule has 3 aromatic rings. The van der Waals surface area contributed by atoms with Crippen molar-refractivity contribution >= 4 is 23.2 Å². The summed E-state index contributed by atoms with van der Waals surface area (Å²) in [5.41, 5.74) is 2.96. The fourth-order valence-corrected chi connectivity index (χ4v) is 2.96. The molecule has 146 valence electrons. The van der Waals surface area contributed by atoms with Gasteiger partial charge < -0.3 is 9.84 Å². The van der Waals surface area contributed by atoms with E-state index < -0.39 is 0 Å². The number of rotatable bonds is 5. The van der Waals surface area contributed by atoms with Crippen LogP contribution in [0.1, 0.15) is 24.3 Å². The zero-order valence-corrected chi connectivity index (χ0v) is 15.8. The smallest absolute Gasteiger partial charge is 0.274 e. The van der Waals surface area contributed by atoms with E-state index in [1.54, 1.807) is 0 Å². The Labute approximate surface area is 167 Å². The molecule has 2 heterocycles. The fraction of sp³-hybridized carbons (Fsp3) is 0.190. The summed E-state index contributed by atoms with van der Waals surface area (Å²) < 4.78 is 5.33. The van der Waals surface area contributed by atoms with Gasteiger partial charge in [0.25, 0.3) is 5.89 Å². The quantitative estimate of drug-likeness (QED) is 0.723. The number of para-hydroxylation sites is 1. The lowest BCUT2D eigenvalue weighted by molar-refractivity contribution is -0.135. The fourth-order valence-electron chi connectivity index (χ4n) is 2.96. The average molecular weight is 389 g/mol. The van der Waals surface area contributed by atoms with Crippen molar-refractivity contribution in [1.82, 2.24) is 15.1 Å². The second-order valence-electron chi connectivity index (χ2n) is 6.65. The van der Waals surface area contributed by atoms with Crippen LogP contribution in [0.3, 0.4) is 0 Å². The molecule has 1 N–H and O–H groups in total. The molecule has 0 radical (unpaired) electrons. The molecule has 8 nitrogen and oxygen atoms in total. The Balaban J connectivity index is 1.49. The van der Waals surface area contributed by atoms with E-state index in [0.717, 1.165) is 16.1 Å². The summed E-state index contributed by atoms with van der Waals surface area (Å²) in [5, 5.41) is 12.2. The number of anilines is 1. The van der Waals surface area contributed by atoms with Crippen molar-refractivity contribution in [1.29, 1.82) is 0 Å². The van der Waals surface area contributed by atoms with Crippen molar-refractivity contribution in [3.8, 4) is 11.4 Å². The highest BCUT2D eigenvalue weighted by atomic mass is 16.5. The molecule has 0 unspecified atom stereocenters. The van der Waals surface area contributed by atoms with E-state index in [-0.39, 0.29) is 30.7 Å². The minimum absolute atomic E-state index is 0.184. The van der Waals surface area contributed by atoms with Crippen molar-refractivity contribution in [3.63, 3.8) is 0 Å². The molecule has 0 spiro atoms. The lowest BCUT2D eigenvalue weighted by Crippen LogP contribution is -2.38. The van der Waals surface area contributed by atoms with Gasteiger partial charge in [0.05, 0.1) is 0 Å². The van der Waals surface area contributed by atoms with E-state index in [1.165, 1.54) is 0 Å². The second-order valence-corrected chi connectivity index (χ2v) is 6.65. The summed E-state index contributed by atoms with van der Waals surface area (Å²) >= 11 is 0. The normalized spacial score (nSPS) is 13.9. The number of aromatic nitrogens is 2. The van der Waals surface area contributed by atoms with Gasteiger partial charge in [-0.05, 0) is 18.6 Å². The van der Waals surface area contributed by atoms with Crippen LogP contribution in [-0.2, 0) is 9.59 Å². The molecule has 8 heteroatoms. The standard InChI is InChI=1S/C21H19N5O3/c1-14-7-5-6-10-16(14)22-18(27)13-26-19(28)12-11-17(24-26)21-23-20(25-29-21)15-8-3-2-4-9-15/h2-10H,11-13H2,1H3,(H,22,27). The summed E-state index contributed by atoms with van der Waals surface area (Å²) in [4.78, 5) is 29.0. The topological polar surface area (TPSA) is 101 Å². The molecule has 1 aliphatic rings. The molecular formula is C21H19N5O3. The molecule has 0 saturated carbocycles. The number of aryl methyl sites for hydroxylation is 1. The molecular weight excluding hydrogens is 370 g/mol. The Morgan fingerprint density at radius 3 is 2.66 bits per heavy atom. The lowest BCUT2D eigenvalue weighted by Gasteiger charge is -2.22. The molecule has 0 fully saturated rings. The minimum Gasteiger partial charge on any atom is -0.332 e. The predicted molar refractivity (Wildman–Crippen MR) is 107 cm³/mol. The van der Waals surface area contributed by atoms with Gasteiger partial charge in [0.2, 0.25) is 17.6 Å². The van der Waals surface area contributed by atoms with Gasteiger partial charge >= 0.3 is 0 Å². The van der Waals surface area contributed by atoms with Crippen LogP contribution >= 0.6 is 0 Å². The van der Waals surface area contributed by atoms with Crippen LogP contribution in [-0.4, -0.2) is 39.2 Å². The van der Waals surface area contributed by atoms with E-state index in [4.69, 9.17) is 4.52 Å². The van der Waals surface area contributed by atoms with Crippen molar-refractivity contribution < 1.29 is 14.1 Å². The zero-order chi connectivity index (χ0) is 20.2. The monoisotopic (exact) mass is 389 g/mol. The summed E-state index contributed by atoms with van der Waals surface area (Å²) in [6.07, 6.45) is 0.602. The number of amides is 2. The van der Waals surface area contributed by atoms with Crippen LogP contribution < -0.4 is 5.32 Å². The molecule has 2 amide bonds. The van der Waals surface area contributed by atoms with Crippen LogP contribution in [0, 0.1) is 6.92 Å². The summed E-state index contributed by atoms with van der Waals surface area (Å²) in [6, 6.07) is 16.9. The highest BCUT2D eigenvalue weighted by molar-refractivity contribution is 6.02. The SMILES string of the molecule is Cc1ccccc1NC(=O)CN1N=C(c2nc(-c3ccccc3)no2)CCC1=O. The maximum Gasteiger partial charge on any atom is 0.274 e. The van der Waals surface area contributed by atoms with Crippen LogP contribution in [0.5, 0.6) is 0 Å². The van der Waals surface area contributed by atoms with Crippen LogP contribution in [0.25, 0.3) is 11.4 Å². The Bertz CT molecular complexity index is 1070. The van der Waals surface area contributed by atoms with Gasteiger partial charge in [-0.15, -0.1) is 0 Å². The van der Waals surface area contributed by atoms with Crippen molar-refractivity contribution in [2.24, 2.45) is 5.10 Å². The number of carbonyl (C=O) groups is 2. The zero-order valence-electron chi connectivity index (χ0n) is 15.8. The lowest BCUT2D eigenvalue weighted by atomic mass is 10.1. The number of nitrogens with zero attached hydrogens (tertiary/aromatic N) is 4. The Hall–Kier alpha value is -3.81. The van der Waals surface area contributed by atoms with E-state index >= 15 is 0 Å². The van der Waals surface area contributed by atoms with E-state index in [1.807, 2.05) is 61.5 Å². The van der Waals surface area contributed by atoms with E-state index in [9.17, 15) is 9.59 Å². The first kappa shape index (κ1) is 18.5. The summed E-state index contributed by atoms with van der Waals surface area (Å²) in [7, 11) is 0. The molecule has 0 saturated heterocycles. The van der Waals surface area contributed by atoms with Gasteiger partial charge in [0.15, 0.2) is 0 Å². The number of benzene rings is 2. The van der Waals surface area contributed by atoms with E-state index in [2.05, 4.69) is 20.6 Å². The molecule has 4 rings (SSSR count). The van der Waals surface area contributed by atoms with Crippen molar-refractivity contribution in [2.75, 3.05) is 11.9 Å². The minimum atomic E-state index is -0.326. The first-order valence-electron chi connectivity index (χ1n) is 9.23. The van der Waals surface area contributed by atoms with Crippen molar-refractivity contribution in [2.45, 2.75) is 19.8 Å². The second kappa shape index (κ2) is 8.05. The van der Waals surface area contributed by atoms with E-state index in [0.29, 0.717) is 23.6 Å².